The van der Waals surface area contributed by atoms with Crippen molar-refractivity contribution in [1.82, 2.24) is 19.8 Å². The van der Waals surface area contributed by atoms with Gasteiger partial charge in [-0.2, -0.15) is 0 Å². The van der Waals surface area contributed by atoms with Gasteiger partial charge in [-0.25, -0.2) is 4.39 Å². The monoisotopic (exact) mass is 380 g/mol. The topological polar surface area (TPSA) is 33.1 Å². The predicted octanol–water partition coefficient (Wildman–Crippen LogP) is 4.23. The zero-order valence-electron chi connectivity index (χ0n) is 15.5. The van der Waals surface area contributed by atoms with Crippen molar-refractivity contribution in [2.75, 3.05) is 7.05 Å². The summed E-state index contributed by atoms with van der Waals surface area (Å²) >= 11 is 5.51. The molecule has 3 heterocycles. The molecule has 0 spiro atoms. The molecule has 138 valence electrons. The van der Waals surface area contributed by atoms with Crippen LogP contribution in [0.4, 0.5) is 4.39 Å². The van der Waals surface area contributed by atoms with Crippen molar-refractivity contribution < 1.29 is 4.39 Å². The summed E-state index contributed by atoms with van der Waals surface area (Å²) < 4.78 is 16.4. The van der Waals surface area contributed by atoms with Crippen molar-refractivity contribution in [3.05, 3.63) is 83.2 Å². The molecule has 1 N–H and O–H groups in total. The minimum Gasteiger partial charge on any atom is -0.352 e. The number of thiocarbonyl (C=S) groups is 1. The van der Waals surface area contributed by atoms with Crippen molar-refractivity contribution in [1.29, 1.82) is 0 Å². The van der Waals surface area contributed by atoms with Crippen molar-refractivity contribution in [2.45, 2.75) is 25.9 Å². The number of rotatable bonds is 3. The Kier molecular flexibility index (Phi) is 4.44. The SMILES string of the molecule is Cc1cc([C@@H]2[C@@H](c3ccccn3)NC(=S)N2C)c(C)n1-c1ccccc1F. The lowest BCUT2D eigenvalue weighted by atomic mass is 9.97. The summed E-state index contributed by atoms with van der Waals surface area (Å²) in [4.78, 5) is 6.58. The molecule has 0 unspecified atom stereocenters. The molecule has 1 aliphatic heterocycles. The first-order chi connectivity index (χ1) is 13.0. The maximum absolute atomic E-state index is 14.4. The number of hydrogen-bond donors (Lipinski definition) is 1. The number of pyridine rings is 1. The van der Waals surface area contributed by atoms with E-state index in [1.54, 1.807) is 18.3 Å². The Balaban J connectivity index is 1.84. The lowest BCUT2D eigenvalue weighted by Crippen LogP contribution is -2.25. The van der Waals surface area contributed by atoms with E-state index in [1.807, 2.05) is 49.7 Å². The van der Waals surface area contributed by atoms with Gasteiger partial charge in [-0.15, -0.1) is 0 Å². The van der Waals surface area contributed by atoms with Gasteiger partial charge in [0.15, 0.2) is 5.11 Å². The van der Waals surface area contributed by atoms with Gasteiger partial charge in [-0.1, -0.05) is 18.2 Å². The van der Waals surface area contributed by atoms with E-state index >= 15 is 0 Å². The number of aromatic nitrogens is 2. The second-order valence-corrected chi connectivity index (χ2v) is 7.24. The van der Waals surface area contributed by atoms with Crippen LogP contribution >= 0.6 is 12.2 Å². The van der Waals surface area contributed by atoms with Crippen LogP contribution in [0.5, 0.6) is 0 Å². The maximum atomic E-state index is 14.4. The molecule has 1 aliphatic rings. The highest BCUT2D eigenvalue weighted by atomic mass is 32.1. The smallest absolute Gasteiger partial charge is 0.169 e. The van der Waals surface area contributed by atoms with Crippen LogP contribution in [-0.4, -0.2) is 26.6 Å². The average Bonchev–Trinajstić information content (AvgIpc) is 3.12. The van der Waals surface area contributed by atoms with E-state index < -0.39 is 0 Å². The third-order valence-corrected chi connectivity index (χ3v) is 5.63. The molecule has 2 atom stereocenters. The molecule has 1 fully saturated rings. The quantitative estimate of drug-likeness (QED) is 0.690. The van der Waals surface area contributed by atoms with E-state index in [-0.39, 0.29) is 17.9 Å². The second kappa shape index (κ2) is 6.78. The maximum Gasteiger partial charge on any atom is 0.169 e. The molecule has 2 aromatic heterocycles. The Morgan fingerprint density at radius 1 is 1.11 bits per heavy atom. The van der Waals surface area contributed by atoms with E-state index in [0.717, 1.165) is 22.6 Å². The van der Waals surface area contributed by atoms with Gasteiger partial charge < -0.3 is 14.8 Å². The fourth-order valence-corrected chi connectivity index (χ4v) is 4.18. The van der Waals surface area contributed by atoms with E-state index in [4.69, 9.17) is 12.2 Å². The Hall–Kier alpha value is -2.73. The molecular weight excluding hydrogens is 359 g/mol. The minimum absolute atomic E-state index is 0.0147. The van der Waals surface area contributed by atoms with Gasteiger partial charge in [-0.05, 0) is 62.0 Å². The van der Waals surface area contributed by atoms with Crippen molar-refractivity contribution >= 4 is 17.3 Å². The number of aryl methyl sites for hydroxylation is 1. The third-order valence-electron chi connectivity index (χ3n) is 5.22. The van der Waals surface area contributed by atoms with Crippen molar-refractivity contribution in [2.24, 2.45) is 0 Å². The summed E-state index contributed by atoms with van der Waals surface area (Å²) in [5.41, 5.74) is 4.59. The first kappa shape index (κ1) is 17.7. The van der Waals surface area contributed by atoms with Crippen LogP contribution in [0.3, 0.4) is 0 Å². The van der Waals surface area contributed by atoms with E-state index in [9.17, 15) is 4.39 Å². The standard InChI is InChI=1S/C21H21FN4S/c1-13-12-15(14(2)26(13)18-10-5-4-8-16(18)22)20-19(24-21(27)25(20)3)17-9-6-7-11-23-17/h4-12,19-20H,1-3H3,(H,24,27)/t19-,20-/m1/s1. The Morgan fingerprint density at radius 2 is 1.85 bits per heavy atom. The molecule has 0 bridgehead atoms. The fourth-order valence-electron chi connectivity index (χ4n) is 3.94. The van der Waals surface area contributed by atoms with Crippen LogP contribution in [0.15, 0.2) is 54.7 Å². The molecule has 0 radical (unpaired) electrons. The summed E-state index contributed by atoms with van der Waals surface area (Å²) in [6.07, 6.45) is 1.79. The number of hydrogen-bond acceptors (Lipinski definition) is 2. The summed E-state index contributed by atoms with van der Waals surface area (Å²) in [7, 11) is 1.98. The molecule has 1 saturated heterocycles. The van der Waals surface area contributed by atoms with Gasteiger partial charge >= 0.3 is 0 Å². The number of benzene rings is 1. The predicted molar refractivity (Wildman–Crippen MR) is 108 cm³/mol. The first-order valence-corrected chi connectivity index (χ1v) is 9.28. The molecule has 27 heavy (non-hydrogen) atoms. The van der Waals surface area contributed by atoms with Crippen LogP contribution in [0.2, 0.25) is 0 Å². The van der Waals surface area contributed by atoms with Crippen LogP contribution in [0, 0.1) is 19.7 Å². The van der Waals surface area contributed by atoms with Crippen LogP contribution in [0.1, 0.15) is 34.7 Å². The molecule has 0 aliphatic carbocycles. The summed E-state index contributed by atoms with van der Waals surface area (Å²) in [6.45, 7) is 4.03. The summed E-state index contributed by atoms with van der Waals surface area (Å²) in [5.74, 6) is -0.236. The lowest BCUT2D eigenvalue weighted by molar-refractivity contribution is 0.367. The Labute approximate surface area is 163 Å². The summed E-state index contributed by atoms with van der Waals surface area (Å²) in [5, 5.41) is 4.07. The van der Waals surface area contributed by atoms with Crippen LogP contribution in [0.25, 0.3) is 5.69 Å². The zero-order valence-corrected chi connectivity index (χ0v) is 16.3. The third kappa shape index (κ3) is 2.90. The van der Waals surface area contributed by atoms with Gasteiger partial charge in [0.1, 0.15) is 5.82 Å². The highest BCUT2D eigenvalue weighted by molar-refractivity contribution is 7.80. The number of likely N-dealkylation sites (N-methyl/N-ethyl adjacent to an activating group) is 1. The number of nitrogens with zero attached hydrogens (tertiary/aromatic N) is 3. The van der Waals surface area contributed by atoms with Gasteiger partial charge in [0.2, 0.25) is 0 Å². The number of nitrogens with one attached hydrogen (secondary N) is 1. The Morgan fingerprint density at radius 3 is 2.56 bits per heavy atom. The van der Waals surface area contributed by atoms with Crippen molar-refractivity contribution in [3.63, 3.8) is 0 Å². The zero-order chi connectivity index (χ0) is 19.1. The molecular formula is C21H21FN4S. The Bertz CT molecular complexity index is 999. The second-order valence-electron chi connectivity index (χ2n) is 6.85. The van der Waals surface area contributed by atoms with Gasteiger partial charge in [0.25, 0.3) is 0 Å². The van der Waals surface area contributed by atoms with E-state index in [1.165, 1.54) is 6.07 Å². The van der Waals surface area contributed by atoms with Crippen LogP contribution < -0.4 is 5.32 Å². The molecule has 0 amide bonds. The van der Waals surface area contributed by atoms with Crippen molar-refractivity contribution in [3.8, 4) is 5.69 Å². The van der Waals surface area contributed by atoms with E-state index in [2.05, 4.69) is 21.3 Å². The lowest BCUT2D eigenvalue weighted by Gasteiger charge is -2.24. The largest absolute Gasteiger partial charge is 0.352 e. The number of para-hydroxylation sites is 1. The molecule has 4 nitrogen and oxygen atoms in total. The number of halogens is 1. The fraction of sp³-hybridized carbons (Fsp3) is 0.238. The highest BCUT2D eigenvalue weighted by Gasteiger charge is 2.39. The average molecular weight is 380 g/mol. The minimum atomic E-state index is -0.236. The normalized spacial score (nSPS) is 19.4. The van der Waals surface area contributed by atoms with Gasteiger partial charge in [0, 0.05) is 24.6 Å². The first-order valence-electron chi connectivity index (χ1n) is 8.87. The molecule has 1 aromatic carbocycles. The highest BCUT2D eigenvalue weighted by Crippen LogP contribution is 2.40. The molecule has 4 rings (SSSR count). The molecule has 0 saturated carbocycles. The van der Waals surface area contributed by atoms with Crippen LogP contribution in [-0.2, 0) is 0 Å². The van der Waals surface area contributed by atoms with Gasteiger partial charge in [-0.3, -0.25) is 4.98 Å². The molecule has 6 heteroatoms. The summed E-state index contributed by atoms with van der Waals surface area (Å²) in [6, 6.07) is 14.8. The van der Waals surface area contributed by atoms with E-state index in [0.29, 0.717) is 10.8 Å². The molecule has 3 aromatic rings. The van der Waals surface area contributed by atoms with Gasteiger partial charge in [0.05, 0.1) is 23.5 Å².